The number of fused-ring (bicyclic) bond motifs is 1. The fourth-order valence-electron chi connectivity index (χ4n) is 1.46. The predicted octanol–water partition coefficient (Wildman–Crippen LogP) is 1.28. The Morgan fingerprint density at radius 1 is 1.05 bits per heavy atom. The van der Waals surface area contributed by atoms with Crippen LogP contribution in [-0.4, -0.2) is 28.1 Å². The molecule has 0 atom stereocenters. The van der Waals surface area contributed by atoms with E-state index in [0.29, 0.717) is 18.6 Å². The average Bonchev–Trinajstić information content (AvgIpc) is 2.37. The second-order valence-corrected chi connectivity index (χ2v) is 3.72. The first-order valence-electron chi connectivity index (χ1n) is 5.50. The van der Waals surface area contributed by atoms with Gasteiger partial charge in [0.1, 0.15) is 0 Å². The molecule has 1 amide bonds. The van der Waals surface area contributed by atoms with Crippen molar-refractivity contribution in [2.24, 2.45) is 0 Å². The van der Waals surface area contributed by atoms with Crippen molar-refractivity contribution in [3.8, 4) is 0 Å². The molecule has 1 aliphatic heterocycles. The number of para-hydroxylation sites is 1. The molecule has 1 aromatic rings. The van der Waals surface area contributed by atoms with Gasteiger partial charge in [0.15, 0.2) is 0 Å². The third kappa shape index (κ3) is 5.49. The third-order valence-electron chi connectivity index (χ3n) is 2.28. The number of carbonyl (C=O) groups excluding carboxylic acids is 1. The molecule has 0 fully saturated rings. The maximum absolute atomic E-state index is 10.9. The first kappa shape index (κ1) is 14.4. The van der Waals surface area contributed by atoms with Crippen LogP contribution in [0, 0.1) is 0 Å². The van der Waals surface area contributed by atoms with E-state index in [1.54, 1.807) is 0 Å². The summed E-state index contributed by atoms with van der Waals surface area (Å²) in [5.74, 6) is -2.39. The van der Waals surface area contributed by atoms with Crippen LogP contribution in [0.2, 0.25) is 0 Å². The summed E-state index contributed by atoms with van der Waals surface area (Å²) in [6.45, 7) is 0. The molecule has 0 aromatic heterocycles. The highest BCUT2D eigenvalue weighted by Crippen LogP contribution is 2.20. The SMILES string of the molecule is O=C(O)/C=C\C(=O)O.O=C1CCc2ccccc2N1. The lowest BCUT2D eigenvalue weighted by Crippen LogP contribution is -2.18. The number of carbonyl (C=O) groups is 3. The molecule has 1 heterocycles. The molecule has 0 unspecified atom stereocenters. The van der Waals surface area contributed by atoms with Crippen molar-refractivity contribution in [2.45, 2.75) is 12.8 Å². The molecule has 2 rings (SSSR count). The quantitative estimate of drug-likeness (QED) is 0.697. The van der Waals surface area contributed by atoms with Gasteiger partial charge in [-0.15, -0.1) is 0 Å². The molecule has 0 bridgehead atoms. The topological polar surface area (TPSA) is 104 Å². The number of amides is 1. The Labute approximate surface area is 109 Å². The van der Waals surface area contributed by atoms with Crippen molar-refractivity contribution in [2.75, 3.05) is 5.32 Å². The molecule has 1 aliphatic rings. The summed E-state index contributed by atoms with van der Waals surface area (Å²) in [4.78, 5) is 30.0. The predicted molar refractivity (Wildman–Crippen MR) is 67.8 cm³/mol. The first-order chi connectivity index (χ1) is 8.99. The number of aryl methyl sites for hydroxylation is 1. The number of carboxylic acid groups (broad SMARTS) is 2. The molecule has 0 saturated heterocycles. The van der Waals surface area contributed by atoms with Crippen LogP contribution in [0.5, 0.6) is 0 Å². The smallest absolute Gasteiger partial charge is 0.328 e. The first-order valence-corrected chi connectivity index (χ1v) is 5.50. The van der Waals surface area contributed by atoms with Crippen molar-refractivity contribution in [1.29, 1.82) is 0 Å². The van der Waals surface area contributed by atoms with Crippen LogP contribution in [0.25, 0.3) is 0 Å². The maximum atomic E-state index is 10.9. The second kappa shape index (κ2) is 6.95. The molecule has 1 aromatic carbocycles. The lowest BCUT2D eigenvalue weighted by molar-refractivity contribution is -0.134. The van der Waals surface area contributed by atoms with Gasteiger partial charge in [0.05, 0.1) is 0 Å². The standard InChI is InChI=1S/C9H9NO.C4H4O4/c11-9-6-5-7-3-1-2-4-8(7)10-9;5-3(6)1-2-4(7)8/h1-4H,5-6H2,(H,10,11);1-2H,(H,5,6)(H,7,8)/b;2-1-. The van der Waals surface area contributed by atoms with Gasteiger partial charge in [-0.3, -0.25) is 4.79 Å². The van der Waals surface area contributed by atoms with E-state index in [4.69, 9.17) is 10.2 Å². The molecule has 0 aliphatic carbocycles. The lowest BCUT2D eigenvalue weighted by Gasteiger charge is -2.15. The normalized spacial score (nSPS) is 12.9. The minimum atomic E-state index is -1.26. The van der Waals surface area contributed by atoms with E-state index in [0.717, 1.165) is 12.1 Å². The number of rotatable bonds is 2. The highest BCUT2D eigenvalue weighted by atomic mass is 16.4. The van der Waals surface area contributed by atoms with Crippen molar-refractivity contribution in [1.82, 2.24) is 0 Å². The van der Waals surface area contributed by atoms with Gasteiger partial charge in [-0.2, -0.15) is 0 Å². The summed E-state index contributed by atoms with van der Waals surface area (Å²) < 4.78 is 0. The average molecular weight is 263 g/mol. The van der Waals surface area contributed by atoms with Gasteiger partial charge in [-0.1, -0.05) is 18.2 Å². The van der Waals surface area contributed by atoms with Crippen LogP contribution < -0.4 is 5.32 Å². The van der Waals surface area contributed by atoms with Gasteiger partial charge < -0.3 is 15.5 Å². The molecule has 0 saturated carbocycles. The van der Waals surface area contributed by atoms with E-state index in [2.05, 4.69) is 11.4 Å². The Bertz CT molecular complexity index is 506. The van der Waals surface area contributed by atoms with Crippen molar-refractivity contribution < 1.29 is 24.6 Å². The number of carboxylic acids is 2. The summed E-state index contributed by atoms with van der Waals surface area (Å²) in [5, 5.41) is 18.4. The number of hydrogen-bond acceptors (Lipinski definition) is 3. The van der Waals surface area contributed by atoms with Crippen LogP contribution in [0.15, 0.2) is 36.4 Å². The maximum Gasteiger partial charge on any atom is 0.328 e. The van der Waals surface area contributed by atoms with Crippen LogP contribution in [0.1, 0.15) is 12.0 Å². The van der Waals surface area contributed by atoms with Crippen LogP contribution in [-0.2, 0) is 20.8 Å². The third-order valence-corrected chi connectivity index (χ3v) is 2.28. The zero-order chi connectivity index (χ0) is 14.3. The Morgan fingerprint density at radius 3 is 2.21 bits per heavy atom. The number of anilines is 1. The summed E-state index contributed by atoms with van der Waals surface area (Å²) >= 11 is 0. The van der Waals surface area contributed by atoms with Crippen molar-refractivity contribution in [3.05, 3.63) is 42.0 Å². The van der Waals surface area contributed by atoms with Crippen LogP contribution in [0.4, 0.5) is 5.69 Å². The molecule has 100 valence electrons. The number of nitrogens with one attached hydrogen (secondary N) is 1. The Balaban J connectivity index is 0.000000203. The fraction of sp³-hybridized carbons (Fsp3) is 0.154. The van der Waals surface area contributed by atoms with E-state index >= 15 is 0 Å². The molecule has 3 N–H and O–H groups in total. The highest BCUT2D eigenvalue weighted by Gasteiger charge is 2.12. The molecule has 19 heavy (non-hydrogen) atoms. The zero-order valence-electron chi connectivity index (χ0n) is 10.00. The van der Waals surface area contributed by atoms with Crippen LogP contribution in [0.3, 0.4) is 0 Å². The van der Waals surface area contributed by atoms with Crippen molar-refractivity contribution >= 4 is 23.5 Å². The van der Waals surface area contributed by atoms with Crippen LogP contribution >= 0.6 is 0 Å². The van der Waals surface area contributed by atoms with E-state index in [1.807, 2.05) is 18.2 Å². The van der Waals surface area contributed by atoms with Gasteiger partial charge in [-0.05, 0) is 18.1 Å². The number of aliphatic carboxylic acids is 2. The largest absolute Gasteiger partial charge is 0.478 e. The van der Waals surface area contributed by atoms with E-state index in [9.17, 15) is 14.4 Å². The minimum Gasteiger partial charge on any atom is -0.478 e. The lowest BCUT2D eigenvalue weighted by atomic mass is 10.0. The monoisotopic (exact) mass is 263 g/mol. The summed E-state index contributed by atoms with van der Waals surface area (Å²) in [6, 6.07) is 7.92. The molecular weight excluding hydrogens is 250 g/mol. The zero-order valence-corrected chi connectivity index (χ0v) is 10.00. The van der Waals surface area contributed by atoms with Crippen molar-refractivity contribution in [3.63, 3.8) is 0 Å². The number of benzene rings is 1. The Kier molecular flexibility index (Phi) is 5.28. The second-order valence-electron chi connectivity index (χ2n) is 3.72. The van der Waals surface area contributed by atoms with Gasteiger partial charge in [-0.25, -0.2) is 9.59 Å². The summed E-state index contributed by atoms with van der Waals surface area (Å²) in [7, 11) is 0. The Hall–Kier alpha value is -2.63. The van der Waals surface area contributed by atoms with E-state index in [1.165, 1.54) is 5.56 Å². The highest BCUT2D eigenvalue weighted by molar-refractivity contribution is 5.93. The van der Waals surface area contributed by atoms with Gasteiger partial charge in [0, 0.05) is 24.3 Å². The van der Waals surface area contributed by atoms with E-state index < -0.39 is 11.9 Å². The molecular formula is C13H13NO5. The molecule has 0 radical (unpaired) electrons. The summed E-state index contributed by atoms with van der Waals surface area (Å²) in [6.07, 6.45) is 2.61. The minimum absolute atomic E-state index is 0.128. The molecule has 6 heteroatoms. The van der Waals surface area contributed by atoms with E-state index in [-0.39, 0.29) is 5.91 Å². The van der Waals surface area contributed by atoms with Gasteiger partial charge in [0.2, 0.25) is 5.91 Å². The molecule has 0 spiro atoms. The fourth-order valence-corrected chi connectivity index (χ4v) is 1.46. The molecule has 6 nitrogen and oxygen atoms in total. The summed E-state index contributed by atoms with van der Waals surface area (Å²) in [5.41, 5.74) is 2.22. The van der Waals surface area contributed by atoms with Gasteiger partial charge in [0.25, 0.3) is 0 Å². The Morgan fingerprint density at radius 2 is 1.63 bits per heavy atom. The number of hydrogen-bond donors (Lipinski definition) is 3. The van der Waals surface area contributed by atoms with Gasteiger partial charge >= 0.3 is 11.9 Å².